The molecule has 5 aromatic rings. The van der Waals surface area contributed by atoms with Crippen molar-refractivity contribution in [1.82, 2.24) is 29.5 Å². The topological polar surface area (TPSA) is 68.4 Å². The summed E-state index contributed by atoms with van der Waals surface area (Å²) in [5.74, 6) is 0.812. The van der Waals surface area contributed by atoms with Gasteiger partial charge in [-0.05, 0) is 26.0 Å². The van der Waals surface area contributed by atoms with Crippen LogP contribution in [0.4, 0.5) is 0 Å². The molecular formula is C28H26IN6O-. The van der Waals surface area contributed by atoms with Gasteiger partial charge in [-0.1, -0.05) is 0 Å². The summed E-state index contributed by atoms with van der Waals surface area (Å²) in [4.78, 5) is 16.6. The zero-order valence-corrected chi connectivity index (χ0v) is 22.2. The quantitative estimate of drug-likeness (QED) is 0.223. The molecule has 0 spiro atoms. The number of nitrogens with zero attached hydrogens (tertiary/aromatic N) is 6. The molecular weight excluding hydrogens is 563 g/mol. The molecule has 0 bridgehead atoms. The average molecular weight is 589 g/mol. The molecule has 4 aromatic heterocycles. The summed E-state index contributed by atoms with van der Waals surface area (Å²) in [7, 11) is 2.15. The molecule has 0 radical (unpaired) electrons. The van der Waals surface area contributed by atoms with Gasteiger partial charge in [-0.3, -0.25) is 0 Å². The molecule has 7 nitrogen and oxygen atoms in total. The number of hydrogen-bond donors (Lipinski definition) is 0. The number of halogens is 1. The zero-order valence-electron chi connectivity index (χ0n) is 20.0. The predicted molar refractivity (Wildman–Crippen MR) is 137 cm³/mol. The number of ether oxygens (including phenoxy) is 1. The van der Waals surface area contributed by atoms with Gasteiger partial charge in [0.25, 0.3) is 0 Å². The maximum atomic E-state index is 6.14. The van der Waals surface area contributed by atoms with Crippen LogP contribution in [0.1, 0.15) is 12.8 Å². The summed E-state index contributed by atoms with van der Waals surface area (Å²) in [5, 5.41) is 5.70. The van der Waals surface area contributed by atoms with Crippen LogP contribution in [0.15, 0.2) is 77.9 Å². The Bertz CT molecular complexity index is 1540. The minimum absolute atomic E-state index is 0.256. The van der Waals surface area contributed by atoms with Crippen LogP contribution in [0.5, 0.6) is 5.75 Å². The molecule has 0 amide bonds. The summed E-state index contributed by atoms with van der Waals surface area (Å²) in [5.41, 5.74) is 5.58. The second kappa shape index (κ2) is 9.94. The van der Waals surface area contributed by atoms with E-state index in [9.17, 15) is 0 Å². The summed E-state index contributed by atoms with van der Waals surface area (Å²) in [6.07, 6.45) is 9.86. The van der Waals surface area contributed by atoms with E-state index in [4.69, 9.17) is 14.7 Å². The van der Waals surface area contributed by atoms with Crippen LogP contribution in [0.2, 0.25) is 0 Å². The Kier molecular flexibility index (Phi) is 6.37. The van der Waals surface area contributed by atoms with E-state index in [0.29, 0.717) is 0 Å². The van der Waals surface area contributed by atoms with Crippen LogP contribution in [0.25, 0.3) is 38.9 Å². The van der Waals surface area contributed by atoms with Gasteiger partial charge < -0.3 is 9.64 Å². The van der Waals surface area contributed by atoms with Crippen molar-refractivity contribution in [2.24, 2.45) is 0 Å². The molecule has 1 aliphatic rings. The van der Waals surface area contributed by atoms with E-state index in [-0.39, 0.29) is 27.3 Å². The number of likely N-dealkylation sites (tertiary alicyclic amines) is 1. The number of benzene rings is 1. The third-order valence-electron chi connectivity index (χ3n) is 6.53. The first-order valence-electron chi connectivity index (χ1n) is 12.0. The van der Waals surface area contributed by atoms with Gasteiger partial charge in [0.15, 0.2) is 0 Å². The fourth-order valence-electron chi connectivity index (χ4n) is 4.62. The fraction of sp³-hybridized carbons (Fsp3) is 0.214. The van der Waals surface area contributed by atoms with Gasteiger partial charge >= 0.3 is 154 Å². The Morgan fingerprint density at radius 2 is 1.89 bits per heavy atom. The number of fused-ring (bicyclic) bond motifs is 2. The molecule has 1 fully saturated rings. The molecule has 0 saturated carbocycles. The van der Waals surface area contributed by atoms with Gasteiger partial charge in [-0.15, -0.1) is 0 Å². The Balaban J connectivity index is 1.27. The van der Waals surface area contributed by atoms with Crippen LogP contribution in [0.3, 0.4) is 0 Å². The molecule has 1 aliphatic heterocycles. The van der Waals surface area contributed by atoms with Crippen LogP contribution in [0, 0.1) is 3.70 Å². The van der Waals surface area contributed by atoms with Gasteiger partial charge in [0.1, 0.15) is 11.9 Å². The maximum absolute atomic E-state index is 6.14. The summed E-state index contributed by atoms with van der Waals surface area (Å²) in [6.45, 7) is 6.01. The van der Waals surface area contributed by atoms with Gasteiger partial charge in [0, 0.05) is 13.1 Å². The van der Waals surface area contributed by atoms with E-state index in [1.54, 1.807) is 6.20 Å². The van der Waals surface area contributed by atoms with Crippen molar-refractivity contribution in [3.63, 3.8) is 0 Å². The summed E-state index contributed by atoms with van der Waals surface area (Å²) < 4.78 is 11.1. The van der Waals surface area contributed by atoms with E-state index >= 15 is 0 Å². The van der Waals surface area contributed by atoms with Crippen LogP contribution in [-0.2, 0) is 0 Å². The Morgan fingerprint density at radius 1 is 1.00 bits per heavy atom. The molecule has 8 heteroatoms. The molecule has 36 heavy (non-hydrogen) atoms. The van der Waals surface area contributed by atoms with Gasteiger partial charge in [0.2, 0.25) is 0 Å². The van der Waals surface area contributed by atoms with E-state index in [0.717, 1.165) is 74.3 Å². The van der Waals surface area contributed by atoms with Crippen molar-refractivity contribution in [2.45, 2.75) is 18.9 Å². The molecule has 182 valence electrons. The van der Waals surface area contributed by atoms with E-state index in [1.807, 2.05) is 45.4 Å². The summed E-state index contributed by atoms with van der Waals surface area (Å²) >= 11 is -0.256. The van der Waals surface area contributed by atoms with Crippen molar-refractivity contribution in [1.29, 1.82) is 0 Å². The van der Waals surface area contributed by atoms with Crippen molar-refractivity contribution in [3.8, 4) is 28.1 Å². The third-order valence-corrected chi connectivity index (χ3v) is 8.21. The molecule has 0 N–H and O–H groups in total. The second-order valence-electron chi connectivity index (χ2n) is 8.94. The van der Waals surface area contributed by atoms with Crippen LogP contribution in [-0.4, -0.2) is 55.7 Å². The molecule has 1 saturated heterocycles. The van der Waals surface area contributed by atoms with Crippen molar-refractivity contribution >= 4 is 16.6 Å². The van der Waals surface area contributed by atoms with Gasteiger partial charge in [-0.2, -0.15) is 0 Å². The number of rotatable bonds is 6. The second-order valence-corrected chi connectivity index (χ2v) is 11.5. The molecule has 0 atom stereocenters. The number of piperidine rings is 1. The first-order chi connectivity index (χ1) is 17.7. The van der Waals surface area contributed by atoms with Crippen LogP contribution < -0.4 is 25.9 Å². The van der Waals surface area contributed by atoms with E-state index < -0.39 is 0 Å². The van der Waals surface area contributed by atoms with Crippen LogP contribution >= 0.6 is 0 Å². The normalized spacial score (nSPS) is 15.0. The number of hydrogen-bond acceptors (Lipinski definition) is 6. The Labute approximate surface area is 220 Å². The van der Waals surface area contributed by atoms with E-state index in [1.165, 1.54) is 0 Å². The first-order valence-corrected chi connectivity index (χ1v) is 14.3. The average Bonchev–Trinajstić information content (AvgIpc) is 3.33. The molecule has 6 rings (SSSR count). The first kappa shape index (κ1) is 23.1. The molecule has 1 aromatic carbocycles. The number of aromatic nitrogens is 5. The Hall–Kier alpha value is -3.37. The fourth-order valence-corrected chi connectivity index (χ4v) is 5.86. The van der Waals surface area contributed by atoms with Gasteiger partial charge in [0.05, 0.1) is 6.20 Å². The number of pyridine rings is 2. The molecule has 5 heterocycles. The molecule has 0 unspecified atom stereocenters. The SMILES string of the molecule is C=C[I-]c1ccc2c(-c3cnn4cc(-c5ccc(OC6CCN(C)CC6)cn5)cnc34)cccc2n1. The Morgan fingerprint density at radius 3 is 2.69 bits per heavy atom. The third kappa shape index (κ3) is 4.58. The monoisotopic (exact) mass is 589 g/mol. The van der Waals surface area contributed by atoms with Crippen molar-refractivity contribution < 1.29 is 25.9 Å². The predicted octanol–water partition coefficient (Wildman–Crippen LogP) is 1.88. The minimum atomic E-state index is -0.256. The van der Waals surface area contributed by atoms with E-state index in [2.05, 4.69) is 52.9 Å². The molecule has 0 aliphatic carbocycles. The van der Waals surface area contributed by atoms with Gasteiger partial charge in [-0.25, -0.2) is 0 Å². The zero-order chi connectivity index (χ0) is 24.5. The van der Waals surface area contributed by atoms with Crippen molar-refractivity contribution in [3.05, 3.63) is 81.6 Å². The summed E-state index contributed by atoms with van der Waals surface area (Å²) in [6, 6.07) is 14.4. The van der Waals surface area contributed by atoms with Crippen molar-refractivity contribution in [2.75, 3.05) is 20.1 Å². The standard InChI is InChI=1S/C28H26IN6O/c1-3-29-27-10-8-23-22(5-4-6-26(23)33-27)24-17-32-35-18-19(15-31-28(24)35)25-9-7-21(16-30-25)36-20-11-13-34(2)14-12-20/h3-10,15-18,20H,1,11-14H2,2H3/q-1.